The van der Waals surface area contributed by atoms with Gasteiger partial charge in [0.1, 0.15) is 0 Å². The molecule has 7 nitrogen and oxygen atoms in total. The van der Waals surface area contributed by atoms with Crippen molar-refractivity contribution in [1.29, 1.82) is 0 Å². The molecule has 1 aliphatic rings. The summed E-state index contributed by atoms with van der Waals surface area (Å²) in [6.07, 6.45) is 3.53. The van der Waals surface area contributed by atoms with Crippen molar-refractivity contribution in [2.45, 2.75) is 45.6 Å². The van der Waals surface area contributed by atoms with E-state index in [9.17, 15) is 4.79 Å². The second kappa shape index (κ2) is 7.81. The van der Waals surface area contributed by atoms with Crippen molar-refractivity contribution in [3.05, 3.63) is 35.5 Å². The number of hydrogen-bond acceptors (Lipinski definition) is 6. The Morgan fingerprint density at radius 1 is 1.25 bits per heavy atom. The van der Waals surface area contributed by atoms with E-state index in [1.165, 1.54) is 0 Å². The number of rotatable bonds is 8. The highest BCUT2D eigenvalue weighted by atomic mass is 16.7. The maximum atomic E-state index is 11.9. The van der Waals surface area contributed by atoms with Gasteiger partial charge in [-0.25, -0.2) is 0 Å². The molecule has 0 spiro atoms. The van der Waals surface area contributed by atoms with Crippen LogP contribution in [0.3, 0.4) is 0 Å². The molecule has 7 heteroatoms. The average Bonchev–Trinajstić information content (AvgIpc) is 3.22. The van der Waals surface area contributed by atoms with Crippen LogP contribution in [0, 0.1) is 0 Å². The maximum Gasteiger partial charge on any atom is 0.231 e. The van der Waals surface area contributed by atoms with Crippen molar-refractivity contribution < 1.29 is 18.8 Å². The Bertz CT molecular complexity index is 699. The molecule has 2 heterocycles. The minimum atomic E-state index is 0.000892. The van der Waals surface area contributed by atoms with Crippen LogP contribution in [-0.4, -0.2) is 22.8 Å². The second-order valence-corrected chi connectivity index (χ2v) is 5.67. The quantitative estimate of drug-likeness (QED) is 0.799. The normalized spacial score (nSPS) is 12.4. The number of aromatic nitrogens is 2. The molecule has 1 aliphatic heterocycles. The molecule has 1 N–H and O–H groups in total. The molecule has 0 saturated heterocycles. The van der Waals surface area contributed by atoms with E-state index in [0.717, 1.165) is 35.7 Å². The largest absolute Gasteiger partial charge is 0.454 e. The Morgan fingerprint density at radius 2 is 2.12 bits per heavy atom. The van der Waals surface area contributed by atoms with E-state index in [4.69, 9.17) is 14.0 Å². The summed E-state index contributed by atoms with van der Waals surface area (Å²) in [4.78, 5) is 16.2. The monoisotopic (exact) mass is 331 g/mol. The van der Waals surface area contributed by atoms with Crippen LogP contribution in [0.4, 0.5) is 0 Å². The van der Waals surface area contributed by atoms with Crippen molar-refractivity contribution in [3.63, 3.8) is 0 Å². The third kappa shape index (κ3) is 4.24. The van der Waals surface area contributed by atoms with E-state index < -0.39 is 0 Å². The van der Waals surface area contributed by atoms with Crippen molar-refractivity contribution in [2.24, 2.45) is 0 Å². The summed E-state index contributed by atoms with van der Waals surface area (Å²) < 4.78 is 15.7. The molecule has 0 bridgehead atoms. The first-order valence-corrected chi connectivity index (χ1v) is 8.21. The molecule has 0 saturated carbocycles. The fraction of sp³-hybridized carbons (Fsp3) is 0.471. The lowest BCUT2D eigenvalue weighted by molar-refractivity contribution is -0.121. The van der Waals surface area contributed by atoms with Crippen LogP contribution >= 0.6 is 0 Å². The predicted molar refractivity (Wildman–Crippen MR) is 85.6 cm³/mol. The highest BCUT2D eigenvalue weighted by Gasteiger charge is 2.13. The van der Waals surface area contributed by atoms with Gasteiger partial charge in [0, 0.05) is 25.8 Å². The molecule has 1 aromatic carbocycles. The summed E-state index contributed by atoms with van der Waals surface area (Å²) in [5.74, 6) is 2.80. The van der Waals surface area contributed by atoms with Gasteiger partial charge in [-0.3, -0.25) is 4.79 Å². The third-order valence-corrected chi connectivity index (χ3v) is 3.70. The van der Waals surface area contributed by atoms with E-state index in [1.807, 2.05) is 18.2 Å². The van der Waals surface area contributed by atoms with Crippen LogP contribution in [0.15, 0.2) is 22.7 Å². The molecular formula is C17H21N3O4. The maximum absolute atomic E-state index is 11.9. The number of fused-ring (bicyclic) bond motifs is 1. The first kappa shape index (κ1) is 16.3. The zero-order valence-electron chi connectivity index (χ0n) is 13.7. The average molecular weight is 331 g/mol. The van der Waals surface area contributed by atoms with Crippen LogP contribution in [0.1, 0.15) is 43.5 Å². The van der Waals surface area contributed by atoms with Gasteiger partial charge >= 0.3 is 0 Å². The van der Waals surface area contributed by atoms with E-state index in [0.29, 0.717) is 31.7 Å². The van der Waals surface area contributed by atoms with Gasteiger partial charge in [-0.2, -0.15) is 4.98 Å². The number of aryl methyl sites for hydroxylation is 2. The van der Waals surface area contributed by atoms with Gasteiger partial charge in [-0.15, -0.1) is 0 Å². The number of benzene rings is 1. The van der Waals surface area contributed by atoms with E-state index in [1.54, 1.807) is 0 Å². The summed E-state index contributed by atoms with van der Waals surface area (Å²) in [7, 11) is 0. The van der Waals surface area contributed by atoms with E-state index in [2.05, 4.69) is 22.4 Å². The van der Waals surface area contributed by atoms with Gasteiger partial charge < -0.3 is 19.3 Å². The number of nitrogens with zero attached hydrogens (tertiary/aromatic N) is 2. The van der Waals surface area contributed by atoms with Crippen LogP contribution in [0.5, 0.6) is 11.5 Å². The van der Waals surface area contributed by atoms with Gasteiger partial charge in [0.25, 0.3) is 0 Å². The zero-order valence-corrected chi connectivity index (χ0v) is 13.7. The number of ether oxygens (including phenoxy) is 2. The van der Waals surface area contributed by atoms with Crippen LogP contribution in [0.25, 0.3) is 0 Å². The van der Waals surface area contributed by atoms with Crippen molar-refractivity contribution in [1.82, 2.24) is 15.5 Å². The molecule has 0 fully saturated rings. The Labute approximate surface area is 140 Å². The molecule has 3 rings (SSSR count). The summed E-state index contributed by atoms with van der Waals surface area (Å²) in [5.41, 5.74) is 0.980. The zero-order chi connectivity index (χ0) is 16.8. The number of hydrogen-bond donors (Lipinski definition) is 1. The molecule has 1 aromatic heterocycles. The van der Waals surface area contributed by atoms with E-state index >= 15 is 0 Å². The number of nitrogens with one attached hydrogen (secondary N) is 1. The predicted octanol–water partition coefficient (Wildman–Crippen LogP) is 2.39. The van der Waals surface area contributed by atoms with Crippen molar-refractivity contribution >= 4 is 5.91 Å². The molecule has 0 atom stereocenters. The second-order valence-electron chi connectivity index (χ2n) is 5.67. The fourth-order valence-electron chi connectivity index (χ4n) is 2.46. The third-order valence-electron chi connectivity index (χ3n) is 3.70. The number of carbonyl (C=O) groups excluding carboxylic acids is 1. The molecule has 128 valence electrons. The van der Waals surface area contributed by atoms with Gasteiger partial charge in [0.2, 0.25) is 18.6 Å². The highest BCUT2D eigenvalue weighted by molar-refractivity contribution is 5.75. The van der Waals surface area contributed by atoms with Gasteiger partial charge in [-0.05, 0) is 30.5 Å². The highest BCUT2D eigenvalue weighted by Crippen LogP contribution is 2.32. The Hall–Kier alpha value is -2.57. The van der Waals surface area contributed by atoms with Crippen molar-refractivity contribution in [3.8, 4) is 11.5 Å². The Kier molecular flexibility index (Phi) is 5.30. The molecule has 0 unspecified atom stereocenters. The van der Waals surface area contributed by atoms with Crippen LogP contribution in [0.2, 0.25) is 0 Å². The Balaban J connectivity index is 1.38. The molecule has 1 amide bonds. The molecule has 0 aliphatic carbocycles. The lowest BCUT2D eigenvalue weighted by Crippen LogP contribution is -2.22. The van der Waals surface area contributed by atoms with Gasteiger partial charge in [0.05, 0.1) is 0 Å². The summed E-state index contributed by atoms with van der Waals surface area (Å²) in [6.45, 7) is 2.79. The lowest BCUT2D eigenvalue weighted by Gasteiger charge is -2.05. The van der Waals surface area contributed by atoms with Crippen molar-refractivity contribution in [2.75, 3.05) is 6.79 Å². The summed E-state index contributed by atoms with van der Waals surface area (Å²) in [5, 5.41) is 6.80. The Morgan fingerprint density at radius 3 is 3.00 bits per heavy atom. The molecule has 24 heavy (non-hydrogen) atoms. The topological polar surface area (TPSA) is 86.5 Å². The summed E-state index contributed by atoms with van der Waals surface area (Å²) >= 11 is 0. The molecule has 2 aromatic rings. The molecule has 0 radical (unpaired) electrons. The summed E-state index contributed by atoms with van der Waals surface area (Å²) in [6, 6.07) is 5.66. The van der Waals surface area contributed by atoms with Crippen LogP contribution in [-0.2, 0) is 24.2 Å². The van der Waals surface area contributed by atoms with Gasteiger partial charge in [0.15, 0.2) is 17.3 Å². The van der Waals surface area contributed by atoms with E-state index in [-0.39, 0.29) is 12.7 Å². The SMILES string of the molecule is CCCc1noc(CCCC(=O)NCc2ccc3c(c2)OCO3)n1. The fourth-order valence-corrected chi connectivity index (χ4v) is 2.46. The lowest BCUT2D eigenvalue weighted by atomic mass is 10.2. The molecular weight excluding hydrogens is 310 g/mol. The number of carbonyl (C=O) groups is 1. The first-order chi connectivity index (χ1) is 11.7. The minimum Gasteiger partial charge on any atom is -0.454 e. The standard InChI is InChI=1S/C17H21N3O4/c1-2-4-15-19-17(24-20-15)6-3-5-16(21)18-10-12-7-8-13-14(9-12)23-11-22-13/h7-9H,2-6,10-11H2,1H3,(H,18,21). The van der Waals surface area contributed by atoms with Crippen LogP contribution < -0.4 is 14.8 Å². The van der Waals surface area contributed by atoms with Gasteiger partial charge in [-0.1, -0.05) is 18.1 Å². The smallest absolute Gasteiger partial charge is 0.231 e. The first-order valence-electron chi connectivity index (χ1n) is 8.21. The minimum absolute atomic E-state index is 0.000892. The number of amides is 1.